The number of nitrogens with one attached hydrogen (secondary N) is 1. The van der Waals surface area contributed by atoms with Crippen molar-refractivity contribution in [1.29, 1.82) is 0 Å². The van der Waals surface area contributed by atoms with Crippen LogP contribution in [0.15, 0.2) is 23.1 Å². The lowest BCUT2D eigenvalue weighted by Crippen LogP contribution is -2.39. The largest absolute Gasteiger partial charge is 0.340 e. The molecule has 146 valence electrons. The minimum Gasteiger partial charge on any atom is -0.340 e. The van der Waals surface area contributed by atoms with Crippen LogP contribution in [0.4, 0.5) is 0 Å². The number of carbonyl (C=O) groups excluding carboxylic acids is 1. The summed E-state index contributed by atoms with van der Waals surface area (Å²) < 4.78 is 27.4. The summed E-state index contributed by atoms with van der Waals surface area (Å²) in [6.07, 6.45) is 3.25. The van der Waals surface area contributed by atoms with E-state index in [1.54, 1.807) is 18.2 Å². The van der Waals surface area contributed by atoms with Gasteiger partial charge in [-0.2, -0.15) is 0 Å². The van der Waals surface area contributed by atoms with Gasteiger partial charge in [-0.3, -0.25) is 4.79 Å². The van der Waals surface area contributed by atoms with Crippen molar-refractivity contribution in [2.24, 2.45) is 5.41 Å². The number of carbonyl (C=O) groups is 1. The van der Waals surface area contributed by atoms with E-state index in [9.17, 15) is 13.2 Å². The predicted molar refractivity (Wildman–Crippen MR) is 105 cm³/mol. The fraction of sp³-hybridized carbons (Fsp3) is 0.650. The number of rotatable bonds is 6. The van der Waals surface area contributed by atoms with Crippen molar-refractivity contribution < 1.29 is 13.2 Å². The van der Waals surface area contributed by atoms with E-state index in [2.05, 4.69) is 25.5 Å². The predicted octanol–water partition coefficient (Wildman–Crippen LogP) is 3.40. The summed E-state index contributed by atoms with van der Waals surface area (Å²) in [5, 5.41) is 0. The maximum absolute atomic E-state index is 12.6. The molecule has 0 bridgehead atoms. The number of sulfonamides is 1. The Labute approximate surface area is 158 Å². The number of amides is 1. The van der Waals surface area contributed by atoms with Crippen LogP contribution < -0.4 is 4.72 Å². The highest BCUT2D eigenvalue weighted by atomic mass is 32.2. The summed E-state index contributed by atoms with van der Waals surface area (Å²) in [6, 6.07) is 5.35. The highest BCUT2D eigenvalue weighted by Crippen LogP contribution is 2.30. The minimum absolute atomic E-state index is 0.0412. The zero-order valence-corrected chi connectivity index (χ0v) is 17.4. The van der Waals surface area contributed by atoms with E-state index >= 15 is 0 Å². The molecular weight excluding hydrogens is 348 g/mol. The second-order valence-electron chi connectivity index (χ2n) is 8.54. The first-order valence-electron chi connectivity index (χ1n) is 9.36. The normalized spacial score (nSPS) is 18.3. The average Bonchev–Trinajstić information content (AvgIpc) is 2.95. The molecule has 2 rings (SSSR count). The van der Waals surface area contributed by atoms with Gasteiger partial charge >= 0.3 is 0 Å². The van der Waals surface area contributed by atoms with Crippen LogP contribution in [0, 0.1) is 19.3 Å². The van der Waals surface area contributed by atoms with E-state index in [-0.39, 0.29) is 35.2 Å². The fourth-order valence-electron chi connectivity index (χ4n) is 3.48. The molecule has 5 nitrogen and oxygen atoms in total. The molecule has 0 aliphatic carbocycles. The maximum Gasteiger partial charge on any atom is 0.240 e. The molecule has 1 saturated heterocycles. The van der Waals surface area contributed by atoms with Gasteiger partial charge in [-0.05, 0) is 61.8 Å². The highest BCUT2D eigenvalue weighted by molar-refractivity contribution is 7.89. The van der Waals surface area contributed by atoms with E-state index in [1.165, 1.54) is 0 Å². The summed E-state index contributed by atoms with van der Waals surface area (Å²) in [7, 11) is -3.58. The van der Waals surface area contributed by atoms with Crippen molar-refractivity contribution in [2.75, 3.05) is 13.1 Å². The van der Waals surface area contributed by atoms with Gasteiger partial charge in [0.2, 0.25) is 15.9 Å². The highest BCUT2D eigenvalue weighted by Gasteiger charge is 2.31. The number of hydrogen-bond acceptors (Lipinski definition) is 3. The number of benzene rings is 1. The van der Waals surface area contributed by atoms with E-state index in [1.807, 2.05) is 18.7 Å². The Morgan fingerprint density at radius 2 is 1.92 bits per heavy atom. The first kappa shape index (κ1) is 20.9. The van der Waals surface area contributed by atoms with Gasteiger partial charge in [0.1, 0.15) is 0 Å². The summed E-state index contributed by atoms with van der Waals surface area (Å²) in [5.41, 5.74) is 2.17. The van der Waals surface area contributed by atoms with Gasteiger partial charge in [-0.25, -0.2) is 13.1 Å². The molecule has 1 fully saturated rings. The fourth-order valence-corrected chi connectivity index (χ4v) is 4.60. The van der Waals surface area contributed by atoms with Crippen LogP contribution >= 0.6 is 0 Å². The lowest BCUT2D eigenvalue weighted by molar-refractivity contribution is -0.132. The first-order valence-corrected chi connectivity index (χ1v) is 10.8. The lowest BCUT2D eigenvalue weighted by Gasteiger charge is -2.30. The van der Waals surface area contributed by atoms with Crippen molar-refractivity contribution in [2.45, 2.75) is 71.2 Å². The smallest absolute Gasteiger partial charge is 0.240 e. The van der Waals surface area contributed by atoms with Gasteiger partial charge in [0, 0.05) is 25.6 Å². The van der Waals surface area contributed by atoms with Crippen molar-refractivity contribution >= 4 is 15.9 Å². The lowest BCUT2D eigenvalue weighted by atomic mass is 9.87. The van der Waals surface area contributed by atoms with Crippen LogP contribution in [0.2, 0.25) is 0 Å². The Morgan fingerprint density at radius 3 is 2.54 bits per heavy atom. The zero-order chi connectivity index (χ0) is 19.5. The van der Waals surface area contributed by atoms with Crippen LogP contribution in [0.25, 0.3) is 0 Å². The molecule has 0 spiro atoms. The SMILES string of the molecule is Cc1ccc(S(=O)(=O)NCCC(=O)N2CCCC2CC(C)(C)C)cc1C. The van der Waals surface area contributed by atoms with E-state index < -0.39 is 10.0 Å². The maximum atomic E-state index is 12.6. The Kier molecular flexibility index (Phi) is 6.51. The molecule has 1 amide bonds. The number of likely N-dealkylation sites (tertiary alicyclic amines) is 1. The van der Waals surface area contributed by atoms with Crippen molar-refractivity contribution in [3.05, 3.63) is 29.3 Å². The second-order valence-corrected chi connectivity index (χ2v) is 10.3. The zero-order valence-electron chi connectivity index (χ0n) is 16.6. The van der Waals surface area contributed by atoms with Gasteiger partial charge in [0.15, 0.2) is 0 Å². The van der Waals surface area contributed by atoms with Crippen molar-refractivity contribution in [1.82, 2.24) is 9.62 Å². The third kappa shape index (κ3) is 5.55. The molecule has 1 unspecified atom stereocenters. The third-order valence-electron chi connectivity index (χ3n) is 4.97. The van der Waals surface area contributed by atoms with Crippen LogP contribution in [0.5, 0.6) is 0 Å². The quantitative estimate of drug-likeness (QED) is 0.822. The van der Waals surface area contributed by atoms with Crippen LogP contribution in [-0.4, -0.2) is 38.4 Å². The van der Waals surface area contributed by atoms with E-state index in [0.717, 1.165) is 36.9 Å². The third-order valence-corrected chi connectivity index (χ3v) is 6.42. The Morgan fingerprint density at radius 1 is 1.23 bits per heavy atom. The standard InChI is InChI=1S/C20H32N2O3S/c1-15-8-9-18(13-16(15)2)26(24,25)21-11-10-19(23)22-12-6-7-17(22)14-20(3,4)5/h8-9,13,17,21H,6-7,10-12,14H2,1-5H3. The minimum atomic E-state index is -3.58. The van der Waals surface area contributed by atoms with Crippen LogP contribution in [-0.2, 0) is 14.8 Å². The second kappa shape index (κ2) is 8.09. The van der Waals surface area contributed by atoms with Gasteiger partial charge in [-0.15, -0.1) is 0 Å². The van der Waals surface area contributed by atoms with Gasteiger partial charge in [0.25, 0.3) is 0 Å². The molecule has 0 aromatic heterocycles. The molecule has 6 heteroatoms. The molecule has 1 heterocycles. The van der Waals surface area contributed by atoms with Crippen molar-refractivity contribution in [3.8, 4) is 0 Å². The number of hydrogen-bond donors (Lipinski definition) is 1. The average molecular weight is 381 g/mol. The Balaban J connectivity index is 1.92. The summed E-state index contributed by atoms with van der Waals surface area (Å²) in [6.45, 7) is 11.3. The van der Waals surface area contributed by atoms with Crippen LogP contribution in [0.3, 0.4) is 0 Å². The van der Waals surface area contributed by atoms with Crippen LogP contribution in [0.1, 0.15) is 57.6 Å². The molecule has 0 saturated carbocycles. The Bertz CT molecular complexity index is 751. The number of aryl methyl sites for hydroxylation is 2. The monoisotopic (exact) mass is 380 g/mol. The molecule has 1 N–H and O–H groups in total. The molecule has 0 radical (unpaired) electrons. The molecule has 1 aliphatic rings. The summed E-state index contributed by atoms with van der Waals surface area (Å²) >= 11 is 0. The molecule has 1 aromatic carbocycles. The van der Waals surface area contributed by atoms with Gasteiger partial charge < -0.3 is 4.90 Å². The van der Waals surface area contributed by atoms with Gasteiger partial charge in [-0.1, -0.05) is 26.8 Å². The Hall–Kier alpha value is -1.40. The topological polar surface area (TPSA) is 66.5 Å². The van der Waals surface area contributed by atoms with Crippen molar-refractivity contribution in [3.63, 3.8) is 0 Å². The van der Waals surface area contributed by atoms with Gasteiger partial charge in [0.05, 0.1) is 4.90 Å². The number of nitrogens with zero attached hydrogens (tertiary/aromatic N) is 1. The first-order chi connectivity index (χ1) is 12.0. The summed E-state index contributed by atoms with van der Waals surface area (Å²) in [5.74, 6) is 0.0412. The molecule has 1 aliphatic heterocycles. The van der Waals surface area contributed by atoms with E-state index in [4.69, 9.17) is 0 Å². The summed E-state index contributed by atoms with van der Waals surface area (Å²) in [4.78, 5) is 14.7. The molecule has 1 atom stereocenters. The molecule has 1 aromatic rings. The molecular formula is C20H32N2O3S. The molecule has 26 heavy (non-hydrogen) atoms. The van der Waals surface area contributed by atoms with E-state index in [0.29, 0.717) is 0 Å².